The van der Waals surface area contributed by atoms with Crippen LogP contribution in [0, 0.1) is 15.5 Å². The van der Waals surface area contributed by atoms with Crippen LogP contribution in [0.4, 0.5) is 5.69 Å². The van der Waals surface area contributed by atoms with Crippen molar-refractivity contribution in [3.05, 3.63) is 39.9 Å². The lowest BCUT2D eigenvalue weighted by molar-refractivity contribution is -0.384. The maximum absolute atomic E-state index is 11.9. The number of nitrogens with one attached hydrogen (secondary N) is 1. The zero-order chi connectivity index (χ0) is 16.8. The molecule has 0 saturated heterocycles. The third-order valence-electron chi connectivity index (χ3n) is 3.92. The number of carboxylic acids is 1. The molecule has 22 heavy (non-hydrogen) atoms. The van der Waals surface area contributed by atoms with Crippen LogP contribution in [0.2, 0.25) is 0 Å². The minimum Gasteiger partial charge on any atom is -0.481 e. The van der Waals surface area contributed by atoms with Gasteiger partial charge in [-0.15, -0.1) is 0 Å². The second-order valence-corrected chi connectivity index (χ2v) is 5.17. The van der Waals surface area contributed by atoms with Gasteiger partial charge in [-0.25, -0.2) is 0 Å². The van der Waals surface area contributed by atoms with Crippen molar-refractivity contribution < 1.29 is 19.6 Å². The topological polar surface area (TPSA) is 110 Å². The van der Waals surface area contributed by atoms with E-state index in [4.69, 9.17) is 0 Å². The van der Waals surface area contributed by atoms with Gasteiger partial charge in [0.15, 0.2) is 0 Å². The van der Waals surface area contributed by atoms with Crippen LogP contribution < -0.4 is 5.32 Å². The molecule has 0 heterocycles. The van der Waals surface area contributed by atoms with Crippen molar-refractivity contribution in [3.8, 4) is 0 Å². The van der Waals surface area contributed by atoms with Gasteiger partial charge in [0.05, 0.1) is 16.8 Å². The van der Waals surface area contributed by atoms with Crippen LogP contribution in [0.5, 0.6) is 0 Å². The van der Waals surface area contributed by atoms with Crippen molar-refractivity contribution in [1.82, 2.24) is 5.32 Å². The van der Waals surface area contributed by atoms with E-state index in [1.165, 1.54) is 18.2 Å². The number of aliphatic carboxylic acids is 1. The number of amides is 1. The molecule has 0 aliphatic rings. The molecule has 1 aromatic rings. The summed E-state index contributed by atoms with van der Waals surface area (Å²) in [6.07, 6.45) is 0.802. The molecule has 0 bridgehead atoms. The SMILES string of the molecule is CCC(CC)(CNC(=O)Cc1cccc([N+](=O)[O-])c1)C(=O)O. The fourth-order valence-electron chi connectivity index (χ4n) is 2.17. The highest BCUT2D eigenvalue weighted by Gasteiger charge is 2.35. The second-order valence-electron chi connectivity index (χ2n) is 5.17. The molecule has 0 aromatic heterocycles. The predicted octanol–water partition coefficient (Wildman–Crippen LogP) is 2.14. The van der Waals surface area contributed by atoms with Gasteiger partial charge in [-0.1, -0.05) is 26.0 Å². The van der Waals surface area contributed by atoms with E-state index >= 15 is 0 Å². The van der Waals surface area contributed by atoms with Crippen LogP contribution in [0.1, 0.15) is 32.3 Å². The van der Waals surface area contributed by atoms with E-state index in [0.29, 0.717) is 18.4 Å². The van der Waals surface area contributed by atoms with Gasteiger partial charge in [0.2, 0.25) is 5.91 Å². The molecule has 1 amide bonds. The van der Waals surface area contributed by atoms with Crippen LogP contribution in [-0.2, 0) is 16.0 Å². The van der Waals surface area contributed by atoms with Crippen LogP contribution in [0.15, 0.2) is 24.3 Å². The van der Waals surface area contributed by atoms with E-state index in [9.17, 15) is 24.8 Å². The number of carbonyl (C=O) groups excluding carboxylic acids is 1. The van der Waals surface area contributed by atoms with E-state index in [-0.39, 0.29) is 24.6 Å². The molecule has 1 aromatic carbocycles. The van der Waals surface area contributed by atoms with Crippen molar-refractivity contribution in [2.24, 2.45) is 5.41 Å². The van der Waals surface area contributed by atoms with Crippen LogP contribution in [0.25, 0.3) is 0 Å². The van der Waals surface area contributed by atoms with Crippen molar-refractivity contribution in [1.29, 1.82) is 0 Å². The van der Waals surface area contributed by atoms with Gasteiger partial charge in [0.1, 0.15) is 0 Å². The Morgan fingerprint density at radius 2 is 1.95 bits per heavy atom. The number of benzene rings is 1. The molecule has 2 N–H and O–H groups in total. The number of carboxylic acid groups (broad SMARTS) is 1. The summed E-state index contributed by atoms with van der Waals surface area (Å²) < 4.78 is 0. The zero-order valence-corrected chi connectivity index (χ0v) is 12.7. The van der Waals surface area contributed by atoms with Gasteiger partial charge in [0.25, 0.3) is 5.69 Å². The molecule has 1 rings (SSSR count). The molecule has 0 radical (unpaired) electrons. The van der Waals surface area contributed by atoms with E-state index in [1.54, 1.807) is 19.9 Å². The number of hydrogen-bond donors (Lipinski definition) is 2. The maximum Gasteiger partial charge on any atom is 0.311 e. The molecule has 0 atom stereocenters. The Morgan fingerprint density at radius 1 is 1.32 bits per heavy atom. The average Bonchev–Trinajstić information content (AvgIpc) is 2.48. The van der Waals surface area contributed by atoms with Gasteiger partial charge in [0, 0.05) is 18.7 Å². The molecular formula is C15H20N2O5. The summed E-state index contributed by atoms with van der Waals surface area (Å²) in [6, 6.07) is 5.83. The number of nitrogens with zero attached hydrogens (tertiary/aromatic N) is 1. The van der Waals surface area contributed by atoms with E-state index < -0.39 is 16.3 Å². The number of carbonyl (C=O) groups is 2. The summed E-state index contributed by atoms with van der Waals surface area (Å²) in [5.74, 6) is -1.29. The van der Waals surface area contributed by atoms with Crippen molar-refractivity contribution in [2.45, 2.75) is 33.1 Å². The Labute approximate surface area is 128 Å². The van der Waals surface area contributed by atoms with E-state index in [2.05, 4.69) is 5.32 Å². The third kappa shape index (κ3) is 4.28. The molecule has 0 aliphatic heterocycles. The fourth-order valence-corrected chi connectivity index (χ4v) is 2.17. The summed E-state index contributed by atoms with van der Waals surface area (Å²) in [7, 11) is 0. The number of rotatable bonds is 8. The highest BCUT2D eigenvalue weighted by molar-refractivity contribution is 5.80. The standard InChI is InChI=1S/C15H20N2O5/c1-3-15(4-2,14(19)20)10-16-13(18)9-11-6-5-7-12(8-11)17(21)22/h5-8H,3-4,9-10H2,1-2H3,(H,16,18)(H,19,20). The quantitative estimate of drug-likeness (QED) is 0.565. The van der Waals surface area contributed by atoms with Crippen molar-refractivity contribution in [2.75, 3.05) is 6.54 Å². The average molecular weight is 308 g/mol. The number of non-ortho nitro benzene ring substituents is 1. The minimum atomic E-state index is -0.974. The Kier molecular flexibility index (Phi) is 6.03. The summed E-state index contributed by atoms with van der Waals surface area (Å²) >= 11 is 0. The highest BCUT2D eigenvalue weighted by atomic mass is 16.6. The predicted molar refractivity (Wildman–Crippen MR) is 80.5 cm³/mol. The summed E-state index contributed by atoms with van der Waals surface area (Å²) in [4.78, 5) is 33.4. The minimum absolute atomic E-state index is 0.0230. The van der Waals surface area contributed by atoms with Crippen LogP contribution in [0.3, 0.4) is 0 Å². The van der Waals surface area contributed by atoms with E-state index in [1.807, 2.05) is 0 Å². The Balaban J connectivity index is 2.69. The van der Waals surface area contributed by atoms with Gasteiger partial charge in [-0.3, -0.25) is 19.7 Å². The number of nitro groups is 1. The Morgan fingerprint density at radius 3 is 2.45 bits per heavy atom. The monoisotopic (exact) mass is 308 g/mol. The second kappa shape index (κ2) is 7.53. The third-order valence-corrected chi connectivity index (χ3v) is 3.92. The van der Waals surface area contributed by atoms with E-state index in [0.717, 1.165) is 0 Å². The summed E-state index contributed by atoms with van der Waals surface area (Å²) in [5, 5.41) is 22.6. The zero-order valence-electron chi connectivity index (χ0n) is 12.7. The lowest BCUT2D eigenvalue weighted by atomic mass is 9.82. The van der Waals surface area contributed by atoms with Gasteiger partial charge in [-0.05, 0) is 18.4 Å². The van der Waals surface area contributed by atoms with Crippen LogP contribution >= 0.6 is 0 Å². The van der Waals surface area contributed by atoms with Gasteiger partial charge >= 0.3 is 5.97 Å². The smallest absolute Gasteiger partial charge is 0.311 e. The maximum atomic E-state index is 11.9. The Bertz CT molecular complexity index is 567. The lowest BCUT2D eigenvalue weighted by Gasteiger charge is -2.26. The molecule has 0 aliphatic carbocycles. The highest BCUT2D eigenvalue weighted by Crippen LogP contribution is 2.25. The van der Waals surface area contributed by atoms with Crippen molar-refractivity contribution >= 4 is 17.6 Å². The van der Waals surface area contributed by atoms with Gasteiger partial charge in [-0.2, -0.15) is 0 Å². The fraction of sp³-hybridized carbons (Fsp3) is 0.467. The van der Waals surface area contributed by atoms with Gasteiger partial charge < -0.3 is 10.4 Å². The molecule has 7 nitrogen and oxygen atoms in total. The number of hydrogen-bond acceptors (Lipinski definition) is 4. The van der Waals surface area contributed by atoms with Crippen LogP contribution in [-0.4, -0.2) is 28.5 Å². The first-order chi connectivity index (χ1) is 10.3. The first-order valence-corrected chi connectivity index (χ1v) is 7.08. The Hall–Kier alpha value is -2.44. The number of nitro benzene ring substituents is 1. The summed E-state index contributed by atoms with van der Waals surface area (Å²) in [6.45, 7) is 3.58. The largest absolute Gasteiger partial charge is 0.481 e. The molecule has 120 valence electrons. The molecule has 7 heteroatoms. The molecular weight excluding hydrogens is 288 g/mol. The first kappa shape index (κ1) is 17.6. The first-order valence-electron chi connectivity index (χ1n) is 7.08. The van der Waals surface area contributed by atoms with Crippen molar-refractivity contribution in [3.63, 3.8) is 0 Å². The molecule has 0 saturated carbocycles. The normalized spacial score (nSPS) is 11.0. The molecule has 0 fully saturated rings. The summed E-state index contributed by atoms with van der Waals surface area (Å²) in [5.41, 5.74) is -0.536. The lowest BCUT2D eigenvalue weighted by Crippen LogP contribution is -2.42. The molecule has 0 spiro atoms. The molecule has 0 unspecified atom stereocenters.